The molecule has 0 bridgehead atoms. The van der Waals surface area contributed by atoms with Gasteiger partial charge in [0.25, 0.3) is 0 Å². The van der Waals surface area contributed by atoms with Crippen LogP contribution < -0.4 is 0 Å². The first-order valence-electron chi connectivity index (χ1n) is 8.73. The van der Waals surface area contributed by atoms with Crippen molar-refractivity contribution in [1.29, 1.82) is 0 Å². The summed E-state index contributed by atoms with van der Waals surface area (Å²) in [6, 6.07) is 0. The maximum Gasteiger partial charge on any atom is 0.0797 e. The summed E-state index contributed by atoms with van der Waals surface area (Å²) < 4.78 is 0. The Kier molecular flexibility index (Phi) is 4.68. The highest BCUT2D eigenvalue weighted by Crippen LogP contribution is 2.61. The molecule has 2 aliphatic rings. The van der Waals surface area contributed by atoms with Crippen LogP contribution in [0.25, 0.3) is 0 Å². The largest absolute Gasteiger partial charge is 0.393 e. The smallest absolute Gasteiger partial charge is 0.0797 e. The highest BCUT2D eigenvalue weighted by Gasteiger charge is 2.54. The van der Waals surface area contributed by atoms with E-state index >= 15 is 0 Å². The van der Waals surface area contributed by atoms with Crippen molar-refractivity contribution in [2.45, 2.75) is 77.9 Å². The summed E-state index contributed by atoms with van der Waals surface area (Å²) in [4.78, 5) is 0. The minimum Gasteiger partial charge on any atom is -0.393 e. The first kappa shape index (κ1) is 17.7. The van der Waals surface area contributed by atoms with Crippen LogP contribution in [0.4, 0.5) is 0 Å². The van der Waals surface area contributed by atoms with Gasteiger partial charge >= 0.3 is 0 Å². The fourth-order valence-electron chi connectivity index (χ4n) is 5.51. The molecule has 2 nitrogen and oxygen atoms in total. The van der Waals surface area contributed by atoms with Crippen LogP contribution in [-0.2, 0) is 0 Å². The monoisotopic (exact) mass is 306 g/mol. The summed E-state index contributed by atoms with van der Waals surface area (Å²) in [6.45, 7) is 16.9. The summed E-state index contributed by atoms with van der Waals surface area (Å²) in [7, 11) is 0. The molecule has 126 valence electrons. The van der Waals surface area contributed by atoms with Crippen molar-refractivity contribution in [2.24, 2.45) is 22.7 Å². The van der Waals surface area contributed by atoms with Crippen molar-refractivity contribution >= 4 is 0 Å². The maximum atomic E-state index is 10.4. The number of hydrogen-bond donors (Lipinski definition) is 2. The lowest BCUT2D eigenvalue weighted by Crippen LogP contribution is -2.53. The van der Waals surface area contributed by atoms with Gasteiger partial charge in [-0.1, -0.05) is 39.0 Å². The minimum atomic E-state index is -0.813. The van der Waals surface area contributed by atoms with Gasteiger partial charge in [-0.05, 0) is 68.1 Å². The van der Waals surface area contributed by atoms with Gasteiger partial charge in [-0.3, -0.25) is 0 Å². The van der Waals surface area contributed by atoms with Crippen molar-refractivity contribution < 1.29 is 10.2 Å². The third-order valence-electron chi connectivity index (χ3n) is 6.60. The number of hydrogen-bond acceptors (Lipinski definition) is 2. The van der Waals surface area contributed by atoms with E-state index < -0.39 is 5.60 Å². The number of fused-ring (bicyclic) bond motifs is 1. The van der Waals surface area contributed by atoms with Crippen molar-refractivity contribution in [2.75, 3.05) is 0 Å². The standard InChI is InChI=1S/C20H34O2/c1-7-19(5,22)11-10-16-14(2)8-9-17-18(3,4)12-15(21)13-20(16,17)6/h7,15-17,21-22H,1-2,8-13H2,3-6H3/t15-,16-,17+,19+,20+/m0/s1. The summed E-state index contributed by atoms with van der Waals surface area (Å²) in [5.41, 5.74) is 0.760. The third kappa shape index (κ3) is 3.19. The molecule has 0 unspecified atom stereocenters. The first-order chi connectivity index (χ1) is 10.0. The van der Waals surface area contributed by atoms with Crippen LogP contribution in [0, 0.1) is 22.7 Å². The number of aliphatic hydroxyl groups excluding tert-OH is 1. The zero-order valence-corrected chi connectivity index (χ0v) is 14.9. The Balaban J connectivity index is 2.26. The van der Waals surface area contributed by atoms with E-state index in [-0.39, 0.29) is 16.9 Å². The molecular formula is C20H34O2. The molecule has 2 N–H and O–H groups in total. The molecule has 0 heterocycles. The highest BCUT2D eigenvalue weighted by molar-refractivity contribution is 5.17. The van der Waals surface area contributed by atoms with E-state index in [9.17, 15) is 10.2 Å². The maximum absolute atomic E-state index is 10.4. The number of allylic oxidation sites excluding steroid dienone is 1. The molecule has 22 heavy (non-hydrogen) atoms. The Labute approximate surface area is 136 Å². The molecule has 2 heteroatoms. The van der Waals surface area contributed by atoms with E-state index in [4.69, 9.17) is 0 Å². The van der Waals surface area contributed by atoms with E-state index in [0.29, 0.717) is 18.3 Å². The molecule has 2 aliphatic carbocycles. The summed E-state index contributed by atoms with van der Waals surface area (Å²) in [5, 5.41) is 20.7. The summed E-state index contributed by atoms with van der Waals surface area (Å²) in [6.07, 6.45) is 7.08. The zero-order valence-electron chi connectivity index (χ0n) is 14.9. The van der Waals surface area contributed by atoms with Gasteiger partial charge in [0.1, 0.15) is 0 Å². The van der Waals surface area contributed by atoms with Crippen LogP contribution in [0.3, 0.4) is 0 Å². The molecule has 0 saturated heterocycles. The van der Waals surface area contributed by atoms with E-state index in [1.165, 1.54) is 12.0 Å². The molecule has 0 spiro atoms. The van der Waals surface area contributed by atoms with Gasteiger partial charge in [-0.15, -0.1) is 6.58 Å². The quantitative estimate of drug-likeness (QED) is 0.752. The normalized spacial score (nSPS) is 40.6. The lowest BCUT2D eigenvalue weighted by atomic mass is 9.46. The van der Waals surface area contributed by atoms with Gasteiger partial charge in [0.05, 0.1) is 11.7 Å². The third-order valence-corrected chi connectivity index (χ3v) is 6.60. The van der Waals surface area contributed by atoms with Crippen molar-refractivity contribution in [1.82, 2.24) is 0 Å². The lowest BCUT2D eigenvalue weighted by molar-refractivity contribution is -0.108. The average molecular weight is 306 g/mol. The van der Waals surface area contributed by atoms with Gasteiger partial charge in [-0.25, -0.2) is 0 Å². The van der Waals surface area contributed by atoms with E-state index in [0.717, 1.165) is 25.7 Å². The molecule has 0 radical (unpaired) electrons. The Morgan fingerprint density at radius 3 is 2.55 bits per heavy atom. The van der Waals surface area contributed by atoms with Crippen LogP contribution in [0.5, 0.6) is 0 Å². The second-order valence-corrected chi connectivity index (χ2v) is 8.96. The molecule has 0 aliphatic heterocycles. The second kappa shape index (κ2) is 5.79. The molecule has 2 saturated carbocycles. The van der Waals surface area contributed by atoms with Crippen molar-refractivity contribution in [3.8, 4) is 0 Å². The fourth-order valence-corrected chi connectivity index (χ4v) is 5.51. The van der Waals surface area contributed by atoms with Crippen molar-refractivity contribution in [3.05, 3.63) is 24.8 Å². The van der Waals surface area contributed by atoms with Gasteiger partial charge in [-0.2, -0.15) is 0 Å². The predicted octanol–water partition coefficient (Wildman–Crippen LogP) is 4.47. The Morgan fingerprint density at radius 2 is 1.95 bits per heavy atom. The number of aliphatic hydroxyl groups is 2. The topological polar surface area (TPSA) is 40.5 Å². The molecule has 0 aromatic heterocycles. The molecule has 2 fully saturated rings. The van der Waals surface area contributed by atoms with Crippen LogP contribution >= 0.6 is 0 Å². The molecule has 5 atom stereocenters. The van der Waals surface area contributed by atoms with Gasteiger partial charge < -0.3 is 10.2 Å². The van der Waals surface area contributed by atoms with Crippen LogP contribution in [0.2, 0.25) is 0 Å². The summed E-state index contributed by atoms with van der Waals surface area (Å²) in [5.74, 6) is 1.000. The van der Waals surface area contributed by atoms with Crippen molar-refractivity contribution in [3.63, 3.8) is 0 Å². The van der Waals surface area contributed by atoms with Crippen LogP contribution in [0.1, 0.15) is 66.2 Å². The minimum absolute atomic E-state index is 0.0910. The Morgan fingerprint density at radius 1 is 1.32 bits per heavy atom. The van der Waals surface area contributed by atoms with Crippen LogP contribution in [-0.4, -0.2) is 21.9 Å². The fraction of sp³-hybridized carbons (Fsp3) is 0.800. The summed E-state index contributed by atoms with van der Waals surface area (Å²) >= 11 is 0. The molecular weight excluding hydrogens is 272 g/mol. The van der Waals surface area contributed by atoms with Gasteiger partial charge in [0, 0.05) is 0 Å². The molecule has 2 rings (SSSR count). The van der Waals surface area contributed by atoms with Crippen LogP contribution in [0.15, 0.2) is 24.8 Å². The lowest BCUT2D eigenvalue weighted by Gasteiger charge is -2.59. The van der Waals surface area contributed by atoms with E-state index in [2.05, 4.69) is 33.9 Å². The SMILES string of the molecule is C=C[C@@](C)(O)CC[C@H]1C(=C)CC[C@@H]2C(C)(C)C[C@H](O)C[C@@]21C. The average Bonchev–Trinajstić information content (AvgIpc) is 2.35. The Hall–Kier alpha value is -0.600. The molecule has 0 aromatic carbocycles. The molecule has 0 amide bonds. The highest BCUT2D eigenvalue weighted by atomic mass is 16.3. The first-order valence-corrected chi connectivity index (χ1v) is 8.73. The predicted molar refractivity (Wildman–Crippen MR) is 92.5 cm³/mol. The van der Waals surface area contributed by atoms with Gasteiger partial charge in [0.2, 0.25) is 0 Å². The molecule has 0 aromatic rings. The second-order valence-electron chi connectivity index (χ2n) is 8.96. The van der Waals surface area contributed by atoms with E-state index in [1.807, 2.05) is 6.92 Å². The Bertz CT molecular complexity index is 449. The zero-order chi connectivity index (χ0) is 16.8. The number of rotatable bonds is 4. The van der Waals surface area contributed by atoms with Gasteiger partial charge in [0.15, 0.2) is 0 Å². The van der Waals surface area contributed by atoms with E-state index in [1.54, 1.807) is 6.08 Å².